The molecule has 0 spiro atoms. The lowest BCUT2D eigenvalue weighted by Gasteiger charge is -2.12. The molecule has 5 aromatic heterocycles. The van der Waals surface area contributed by atoms with Gasteiger partial charge in [0.1, 0.15) is 27.6 Å². The predicted octanol–water partition coefficient (Wildman–Crippen LogP) is 9.16. The van der Waals surface area contributed by atoms with Gasteiger partial charge < -0.3 is 13.7 Å². The largest absolute Gasteiger partial charge is 0.309 e. The lowest BCUT2D eigenvalue weighted by Crippen LogP contribution is -2.00. The minimum absolute atomic E-state index is 0.785. The van der Waals surface area contributed by atoms with Crippen LogP contribution in [0.15, 0.2) is 146 Å². The summed E-state index contributed by atoms with van der Waals surface area (Å²) in [6, 6.07) is 49.1. The summed E-state index contributed by atoms with van der Waals surface area (Å²) in [6.45, 7) is 0. The van der Waals surface area contributed by atoms with Gasteiger partial charge in [0.2, 0.25) is 0 Å². The minimum atomic E-state index is 0.785. The van der Waals surface area contributed by atoms with Crippen LogP contribution in [0.5, 0.6) is 0 Å². The fraction of sp³-hybridized carbons (Fsp3) is 0. The van der Waals surface area contributed by atoms with Gasteiger partial charge in [-0.15, -0.1) is 10.2 Å². The van der Waals surface area contributed by atoms with Crippen LogP contribution in [0.2, 0.25) is 0 Å². The van der Waals surface area contributed by atoms with Gasteiger partial charge in [0.15, 0.2) is 0 Å². The third-order valence-corrected chi connectivity index (χ3v) is 8.96. The van der Waals surface area contributed by atoms with Crippen LogP contribution in [0.1, 0.15) is 0 Å². The molecule has 45 heavy (non-hydrogen) atoms. The summed E-state index contributed by atoms with van der Waals surface area (Å²) in [7, 11) is 0. The van der Waals surface area contributed by atoms with Crippen molar-refractivity contribution in [3.05, 3.63) is 146 Å². The molecule has 0 atom stereocenters. The summed E-state index contributed by atoms with van der Waals surface area (Å²) in [5.74, 6) is 0. The summed E-state index contributed by atoms with van der Waals surface area (Å²) in [5.41, 5.74) is 12.2. The van der Waals surface area contributed by atoms with Crippen molar-refractivity contribution in [2.24, 2.45) is 0 Å². The minimum Gasteiger partial charge on any atom is -0.309 e. The first-order valence-corrected chi connectivity index (χ1v) is 15.1. The first-order valence-electron chi connectivity index (χ1n) is 15.1. The number of hydrogen-bond acceptors (Lipinski definition) is 3. The number of nitrogens with zero attached hydrogens (tertiary/aromatic N) is 6. The summed E-state index contributed by atoms with van der Waals surface area (Å²) in [5, 5.41) is 13.2. The van der Waals surface area contributed by atoms with E-state index in [2.05, 4.69) is 141 Å². The Kier molecular flexibility index (Phi) is 4.90. The molecular weight excluding hydrogens is 552 g/mol. The number of rotatable bonds is 3. The topological polar surface area (TPSA) is 53.5 Å². The van der Waals surface area contributed by atoms with Gasteiger partial charge >= 0.3 is 0 Å². The predicted molar refractivity (Wildman–Crippen MR) is 183 cm³/mol. The monoisotopic (exact) mass is 576 g/mol. The van der Waals surface area contributed by atoms with E-state index in [4.69, 9.17) is 15.2 Å². The SMILES string of the molecule is c1ccc(-n2c3ccccc3c3cc(-n4c5ccccc5c5nnc6c7ncccc7n(-c7ccccc7)c6c54)ccc32)cc1. The maximum Gasteiger partial charge on any atom is 0.140 e. The van der Waals surface area contributed by atoms with Gasteiger partial charge in [0.25, 0.3) is 0 Å². The molecule has 0 aliphatic carbocycles. The van der Waals surface area contributed by atoms with E-state index >= 15 is 0 Å². The molecule has 0 fully saturated rings. The Hall–Kier alpha value is -6.27. The average Bonchev–Trinajstić information content (AvgIpc) is 3.74. The highest BCUT2D eigenvalue weighted by molar-refractivity contribution is 6.20. The fourth-order valence-corrected chi connectivity index (χ4v) is 7.12. The Bertz CT molecular complexity index is 2750. The molecule has 0 bridgehead atoms. The number of aromatic nitrogens is 6. The molecule has 0 amide bonds. The molecule has 6 heteroatoms. The van der Waals surface area contributed by atoms with Crippen molar-refractivity contribution in [3.63, 3.8) is 0 Å². The lowest BCUT2D eigenvalue weighted by molar-refractivity contribution is 1.10. The van der Waals surface area contributed by atoms with Crippen molar-refractivity contribution in [1.29, 1.82) is 0 Å². The molecule has 5 heterocycles. The Morgan fingerprint density at radius 3 is 1.69 bits per heavy atom. The molecule has 0 saturated heterocycles. The molecule has 0 aliphatic heterocycles. The van der Waals surface area contributed by atoms with E-state index in [0.717, 1.165) is 61.1 Å². The second-order valence-corrected chi connectivity index (χ2v) is 11.4. The zero-order chi connectivity index (χ0) is 29.5. The van der Waals surface area contributed by atoms with Gasteiger partial charge in [-0.05, 0) is 66.7 Å². The van der Waals surface area contributed by atoms with Gasteiger partial charge in [-0.2, -0.15) is 0 Å². The quantitative estimate of drug-likeness (QED) is 0.211. The molecule has 5 aromatic carbocycles. The van der Waals surface area contributed by atoms with Gasteiger partial charge in [0, 0.05) is 39.4 Å². The Morgan fingerprint density at radius 1 is 0.356 bits per heavy atom. The third kappa shape index (κ3) is 3.30. The molecular formula is C39H24N6. The fourth-order valence-electron chi connectivity index (χ4n) is 7.12. The Balaban J connectivity index is 1.38. The molecule has 10 rings (SSSR count). The summed E-state index contributed by atoms with van der Waals surface area (Å²) >= 11 is 0. The highest BCUT2D eigenvalue weighted by Crippen LogP contribution is 2.40. The summed E-state index contributed by atoms with van der Waals surface area (Å²) in [4.78, 5) is 4.79. The van der Waals surface area contributed by atoms with Crippen molar-refractivity contribution in [1.82, 2.24) is 28.9 Å². The van der Waals surface area contributed by atoms with Crippen molar-refractivity contribution in [2.45, 2.75) is 0 Å². The summed E-state index contributed by atoms with van der Waals surface area (Å²) < 4.78 is 6.99. The van der Waals surface area contributed by atoms with E-state index < -0.39 is 0 Å². The van der Waals surface area contributed by atoms with E-state index in [0.29, 0.717) is 0 Å². The normalized spacial score (nSPS) is 12.0. The van der Waals surface area contributed by atoms with Crippen molar-refractivity contribution < 1.29 is 0 Å². The van der Waals surface area contributed by atoms with E-state index in [-0.39, 0.29) is 0 Å². The number of hydrogen-bond donors (Lipinski definition) is 0. The smallest absolute Gasteiger partial charge is 0.140 e. The van der Waals surface area contributed by atoms with Crippen molar-refractivity contribution in [3.8, 4) is 17.1 Å². The molecule has 210 valence electrons. The first kappa shape index (κ1) is 24.2. The number of fused-ring (bicyclic) bond motifs is 10. The van der Waals surface area contributed by atoms with Gasteiger partial charge in [-0.25, -0.2) is 0 Å². The Labute approximate surface area is 257 Å². The molecule has 0 unspecified atom stereocenters. The van der Waals surface area contributed by atoms with Crippen LogP contribution in [0.25, 0.3) is 82.9 Å². The second-order valence-electron chi connectivity index (χ2n) is 11.4. The van der Waals surface area contributed by atoms with Crippen LogP contribution < -0.4 is 0 Å². The molecule has 10 aromatic rings. The van der Waals surface area contributed by atoms with Crippen LogP contribution in [-0.2, 0) is 0 Å². The van der Waals surface area contributed by atoms with Crippen LogP contribution in [0.4, 0.5) is 0 Å². The van der Waals surface area contributed by atoms with E-state index in [1.54, 1.807) is 0 Å². The van der Waals surface area contributed by atoms with E-state index in [1.165, 1.54) is 21.8 Å². The number of benzene rings is 5. The molecule has 0 aliphatic rings. The molecule has 6 nitrogen and oxygen atoms in total. The first-order chi connectivity index (χ1) is 22.4. The van der Waals surface area contributed by atoms with Crippen molar-refractivity contribution in [2.75, 3.05) is 0 Å². The summed E-state index contributed by atoms with van der Waals surface area (Å²) in [6.07, 6.45) is 1.83. The van der Waals surface area contributed by atoms with Crippen molar-refractivity contribution >= 4 is 65.8 Å². The second kappa shape index (κ2) is 9.11. The zero-order valence-electron chi connectivity index (χ0n) is 24.0. The van der Waals surface area contributed by atoms with Gasteiger partial charge in [-0.3, -0.25) is 4.98 Å². The van der Waals surface area contributed by atoms with Gasteiger partial charge in [0.05, 0.1) is 22.1 Å². The molecule has 0 saturated carbocycles. The number of para-hydroxylation sites is 4. The number of pyridine rings is 1. The molecule has 0 N–H and O–H groups in total. The van der Waals surface area contributed by atoms with Crippen LogP contribution in [0.3, 0.4) is 0 Å². The maximum absolute atomic E-state index is 4.87. The van der Waals surface area contributed by atoms with Crippen LogP contribution in [-0.4, -0.2) is 28.9 Å². The highest BCUT2D eigenvalue weighted by atomic mass is 15.2. The maximum atomic E-state index is 4.87. The molecule has 0 radical (unpaired) electrons. The standard InChI is InChI=1S/C39H24N6/c1-3-12-25(13-4-1)43-31-18-9-7-16-28(31)30-24-27(21-22-33(30)43)45-32-19-10-8-17-29(32)35-38(45)39-37(42-41-35)36-34(20-11-23-40-36)44(39)26-14-5-2-6-15-26/h1-24H. The zero-order valence-corrected chi connectivity index (χ0v) is 24.0. The average molecular weight is 577 g/mol. The van der Waals surface area contributed by atoms with E-state index in [9.17, 15) is 0 Å². The van der Waals surface area contributed by atoms with Crippen LogP contribution in [0, 0.1) is 0 Å². The lowest BCUT2D eigenvalue weighted by atomic mass is 10.1. The third-order valence-electron chi connectivity index (χ3n) is 8.96. The highest BCUT2D eigenvalue weighted by Gasteiger charge is 2.24. The van der Waals surface area contributed by atoms with E-state index in [1.807, 2.05) is 18.3 Å². The van der Waals surface area contributed by atoms with Crippen LogP contribution >= 0.6 is 0 Å². The van der Waals surface area contributed by atoms with Gasteiger partial charge in [-0.1, -0.05) is 72.8 Å². The Morgan fingerprint density at radius 2 is 0.911 bits per heavy atom.